The second kappa shape index (κ2) is 7.97. The van der Waals surface area contributed by atoms with Gasteiger partial charge in [-0.25, -0.2) is 4.98 Å². The van der Waals surface area contributed by atoms with Crippen LogP contribution in [0.3, 0.4) is 0 Å². The molecule has 1 aliphatic heterocycles. The smallest absolute Gasteiger partial charge is 0.226 e. The van der Waals surface area contributed by atoms with Crippen molar-refractivity contribution in [1.29, 1.82) is 0 Å². The Morgan fingerprint density at radius 1 is 1.38 bits per heavy atom. The van der Waals surface area contributed by atoms with Gasteiger partial charge in [-0.05, 0) is 37.1 Å². The number of carbonyl (C=O) groups excluding carboxylic acids is 1. The molecule has 1 aromatic carbocycles. The summed E-state index contributed by atoms with van der Waals surface area (Å²) < 4.78 is 16.1. The van der Waals surface area contributed by atoms with Crippen molar-refractivity contribution in [3.63, 3.8) is 0 Å². The molecule has 24 heavy (non-hydrogen) atoms. The third-order valence-electron chi connectivity index (χ3n) is 4.03. The summed E-state index contributed by atoms with van der Waals surface area (Å²) in [5, 5.41) is 2.91. The lowest BCUT2D eigenvalue weighted by Gasteiger charge is -2.09. The van der Waals surface area contributed by atoms with Crippen molar-refractivity contribution in [1.82, 2.24) is 10.3 Å². The number of aromatic nitrogens is 1. The van der Waals surface area contributed by atoms with Crippen LogP contribution in [0.2, 0.25) is 0 Å². The van der Waals surface area contributed by atoms with Gasteiger partial charge < -0.3 is 19.2 Å². The van der Waals surface area contributed by atoms with Crippen molar-refractivity contribution < 1.29 is 18.7 Å². The Labute approximate surface area is 141 Å². The number of ether oxygens (including phenoxy) is 2. The summed E-state index contributed by atoms with van der Waals surface area (Å²) in [5.41, 5.74) is 1.71. The summed E-state index contributed by atoms with van der Waals surface area (Å²) in [6, 6.07) is 7.53. The number of nitrogens with one attached hydrogen (secondary N) is 1. The van der Waals surface area contributed by atoms with Gasteiger partial charge in [-0.3, -0.25) is 4.79 Å². The summed E-state index contributed by atoms with van der Waals surface area (Å²) in [4.78, 5) is 16.3. The molecule has 6 heteroatoms. The van der Waals surface area contributed by atoms with Gasteiger partial charge in [0.2, 0.25) is 11.8 Å². The van der Waals surface area contributed by atoms with Crippen LogP contribution in [0.5, 0.6) is 5.75 Å². The van der Waals surface area contributed by atoms with Crippen LogP contribution < -0.4 is 10.1 Å². The number of amides is 1. The Balaban J connectivity index is 1.46. The van der Waals surface area contributed by atoms with Gasteiger partial charge in [0.15, 0.2) is 0 Å². The van der Waals surface area contributed by atoms with E-state index in [9.17, 15) is 4.79 Å². The lowest BCUT2D eigenvalue weighted by molar-refractivity contribution is -0.123. The van der Waals surface area contributed by atoms with Gasteiger partial charge in [-0.1, -0.05) is 0 Å². The number of hydrogen-bond donors (Lipinski definition) is 1. The van der Waals surface area contributed by atoms with E-state index in [1.54, 1.807) is 13.4 Å². The van der Waals surface area contributed by atoms with Crippen molar-refractivity contribution in [3.8, 4) is 17.2 Å². The van der Waals surface area contributed by atoms with E-state index in [1.807, 2.05) is 24.3 Å². The Morgan fingerprint density at radius 3 is 2.92 bits per heavy atom. The summed E-state index contributed by atoms with van der Waals surface area (Å²) >= 11 is 0. The normalized spacial score (nSPS) is 17.0. The maximum Gasteiger partial charge on any atom is 0.226 e. The van der Waals surface area contributed by atoms with Crippen molar-refractivity contribution in [2.24, 2.45) is 0 Å². The number of nitrogens with zero attached hydrogens (tertiary/aromatic N) is 1. The largest absolute Gasteiger partial charge is 0.497 e. The Morgan fingerprint density at radius 2 is 2.21 bits per heavy atom. The Bertz CT molecular complexity index is 660. The molecule has 1 saturated heterocycles. The molecular weight excluding hydrogens is 308 g/mol. The van der Waals surface area contributed by atoms with Crippen LogP contribution >= 0.6 is 0 Å². The van der Waals surface area contributed by atoms with Gasteiger partial charge in [-0.15, -0.1) is 0 Å². The molecule has 0 spiro atoms. The first-order valence-corrected chi connectivity index (χ1v) is 8.22. The zero-order valence-corrected chi connectivity index (χ0v) is 13.8. The van der Waals surface area contributed by atoms with Crippen LogP contribution in [0.25, 0.3) is 11.5 Å². The predicted molar refractivity (Wildman–Crippen MR) is 88.8 cm³/mol. The number of rotatable bonds is 7. The zero-order valence-electron chi connectivity index (χ0n) is 13.8. The van der Waals surface area contributed by atoms with Crippen molar-refractivity contribution >= 4 is 5.91 Å². The molecular formula is C18H22N2O4. The molecule has 0 radical (unpaired) electrons. The quantitative estimate of drug-likeness (QED) is 0.844. The molecule has 2 heterocycles. The fourth-order valence-corrected chi connectivity index (χ4v) is 2.70. The lowest BCUT2D eigenvalue weighted by Crippen LogP contribution is -2.29. The van der Waals surface area contributed by atoms with Gasteiger partial charge in [0, 0.05) is 25.1 Å². The highest BCUT2D eigenvalue weighted by Crippen LogP contribution is 2.21. The van der Waals surface area contributed by atoms with Gasteiger partial charge in [0.05, 0.1) is 25.3 Å². The van der Waals surface area contributed by atoms with E-state index in [2.05, 4.69) is 10.3 Å². The van der Waals surface area contributed by atoms with E-state index < -0.39 is 0 Å². The average molecular weight is 330 g/mol. The summed E-state index contributed by atoms with van der Waals surface area (Å²) in [6.45, 7) is 1.31. The molecule has 1 fully saturated rings. The molecule has 2 aromatic rings. The second-order valence-electron chi connectivity index (χ2n) is 5.81. The van der Waals surface area contributed by atoms with Crippen LogP contribution in [0.4, 0.5) is 0 Å². The van der Waals surface area contributed by atoms with Crippen LogP contribution in [0.15, 0.2) is 34.9 Å². The fourth-order valence-electron chi connectivity index (χ4n) is 2.70. The zero-order chi connectivity index (χ0) is 16.8. The minimum absolute atomic E-state index is 0.0285. The average Bonchev–Trinajstić information content (AvgIpc) is 3.27. The van der Waals surface area contributed by atoms with Gasteiger partial charge in [0.1, 0.15) is 12.0 Å². The lowest BCUT2D eigenvalue weighted by atomic mass is 10.2. The molecule has 0 bridgehead atoms. The summed E-state index contributed by atoms with van der Waals surface area (Å²) in [5.74, 6) is 1.39. The number of benzene rings is 1. The molecule has 1 atom stereocenters. The molecule has 1 N–H and O–H groups in total. The molecule has 0 saturated carbocycles. The second-order valence-corrected chi connectivity index (χ2v) is 5.81. The molecule has 0 unspecified atom stereocenters. The van der Waals surface area contributed by atoms with E-state index >= 15 is 0 Å². The number of carbonyl (C=O) groups is 1. The van der Waals surface area contributed by atoms with E-state index in [0.29, 0.717) is 25.3 Å². The van der Waals surface area contributed by atoms with Crippen molar-refractivity contribution in [2.45, 2.75) is 31.8 Å². The number of oxazole rings is 1. The van der Waals surface area contributed by atoms with Crippen LogP contribution in [-0.2, 0) is 16.0 Å². The third-order valence-corrected chi connectivity index (χ3v) is 4.03. The first kappa shape index (κ1) is 16.5. The molecule has 1 amide bonds. The maximum atomic E-state index is 11.8. The van der Waals surface area contributed by atoms with Gasteiger partial charge >= 0.3 is 0 Å². The summed E-state index contributed by atoms with van der Waals surface area (Å²) in [6.07, 6.45) is 4.81. The topological polar surface area (TPSA) is 73.6 Å². The standard InChI is InChI=1S/C18H22N2O4/c1-22-15-6-4-13(5-7-15)18-20-14(12-24-18)8-9-19-17(21)11-16-3-2-10-23-16/h4-7,12,16H,2-3,8-11H2,1H3,(H,19,21)/t16-/m0/s1. The Hall–Kier alpha value is -2.34. The first-order valence-electron chi connectivity index (χ1n) is 8.22. The van der Waals surface area contributed by atoms with Gasteiger partial charge in [-0.2, -0.15) is 0 Å². The highest BCUT2D eigenvalue weighted by molar-refractivity contribution is 5.76. The molecule has 3 rings (SSSR count). The maximum absolute atomic E-state index is 11.8. The molecule has 1 aliphatic rings. The van der Waals surface area contributed by atoms with Crippen molar-refractivity contribution in [3.05, 3.63) is 36.2 Å². The van der Waals surface area contributed by atoms with E-state index in [0.717, 1.165) is 36.5 Å². The fraction of sp³-hybridized carbons (Fsp3) is 0.444. The number of hydrogen-bond acceptors (Lipinski definition) is 5. The predicted octanol–water partition coefficient (Wildman–Crippen LogP) is 2.58. The molecule has 128 valence electrons. The van der Waals surface area contributed by atoms with Crippen LogP contribution in [0, 0.1) is 0 Å². The van der Waals surface area contributed by atoms with Crippen molar-refractivity contribution in [2.75, 3.05) is 20.3 Å². The summed E-state index contributed by atoms with van der Waals surface area (Å²) in [7, 11) is 1.63. The highest BCUT2D eigenvalue weighted by atomic mass is 16.5. The van der Waals surface area contributed by atoms with Gasteiger partial charge in [0.25, 0.3) is 0 Å². The van der Waals surface area contributed by atoms with Crippen LogP contribution in [-0.4, -0.2) is 37.3 Å². The first-order chi connectivity index (χ1) is 11.7. The van der Waals surface area contributed by atoms with Crippen LogP contribution in [0.1, 0.15) is 25.0 Å². The minimum atomic E-state index is 0.0285. The Kier molecular flexibility index (Phi) is 5.48. The SMILES string of the molecule is COc1ccc(-c2nc(CCNC(=O)C[C@@H]3CCCO3)co2)cc1. The molecule has 1 aromatic heterocycles. The molecule has 0 aliphatic carbocycles. The van der Waals surface area contributed by atoms with E-state index in [-0.39, 0.29) is 12.0 Å². The molecule has 6 nitrogen and oxygen atoms in total. The van der Waals surface area contributed by atoms with E-state index in [4.69, 9.17) is 13.9 Å². The third kappa shape index (κ3) is 4.35. The van der Waals surface area contributed by atoms with E-state index in [1.165, 1.54) is 0 Å². The number of methoxy groups -OCH3 is 1. The monoisotopic (exact) mass is 330 g/mol. The highest BCUT2D eigenvalue weighted by Gasteiger charge is 2.18. The minimum Gasteiger partial charge on any atom is -0.497 e.